The van der Waals surface area contributed by atoms with Gasteiger partial charge in [-0.3, -0.25) is 4.79 Å². The van der Waals surface area contributed by atoms with Crippen LogP contribution >= 0.6 is 0 Å². The summed E-state index contributed by atoms with van der Waals surface area (Å²) in [5.74, 6) is -0.752. The summed E-state index contributed by atoms with van der Waals surface area (Å²) in [5.41, 5.74) is 0.202. The van der Waals surface area contributed by atoms with Crippen LogP contribution in [0.2, 0.25) is 0 Å². The second kappa shape index (κ2) is 6.00. The molecule has 2 aliphatic rings. The molecule has 0 saturated carbocycles. The van der Waals surface area contributed by atoms with E-state index in [0.29, 0.717) is 24.2 Å². The first-order chi connectivity index (χ1) is 12.3. The van der Waals surface area contributed by atoms with Gasteiger partial charge in [-0.15, -0.1) is 0 Å². The smallest absolute Gasteiger partial charge is 0.339 e. The number of anilines is 1. The average Bonchev–Trinajstić information content (AvgIpc) is 3.16. The van der Waals surface area contributed by atoms with Gasteiger partial charge in [0.05, 0.1) is 17.8 Å². The van der Waals surface area contributed by atoms with Crippen molar-refractivity contribution in [3.8, 4) is 0 Å². The minimum atomic E-state index is -4.40. The highest BCUT2D eigenvalue weighted by molar-refractivity contribution is 5.86. The molecule has 2 fully saturated rings. The summed E-state index contributed by atoms with van der Waals surface area (Å²) in [6.45, 7) is 0.427. The van der Waals surface area contributed by atoms with E-state index in [2.05, 4.69) is 0 Å². The van der Waals surface area contributed by atoms with Crippen molar-refractivity contribution in [3.05, 3.63) is 65.5 Å². The molecule has 2 heterocycles. The largest absolute Gasteiger partial charge is 0.416 e. The predicted octanol–water partition coefficient (Wildman–Crippen LogP) is 4.01. The van der Waals surface area contributed by atoms with Crippen molar-refractivity contribution in [3.63, 3.8) is 0 Å². The molecule has 2 saturated heterocycles. The Bertz CT molecular complexity index is 851. The molecule has 0 aromatic heterocycles. The molecule has 7 heteroatoms. The minimum Gasteiger partial charge on any atom is -0.339 e. The first-order valence-corrected chi connectivity index (χ1v) is 8.32. The van der Waals surface area contributed by atoms with Gasteiger partial charge in [-0.25, -0.2) is 4.39 Å². The van der Waals surface area contributed by atoms with E-state index >= 15 is 0 Å². The Morgan fingerprint density at radius 2 is 1.77 bits per heavy atom. The van der Waals surface area contributed by atoms with Gasteiger partial charge >= 0.3 is 6.18 Å². The number of alkyl halides is 3. The third-order valence-corrected chi connectivity index (χ3v) is 5.11. The number of halogens is 4. The number of rotatable bonds is 2. The lowest BCUT2D eigenvalue weighted by Crippen LogP contribution is -2.34. The van der Waals surface area contributed by atoms with Crippen LogP contribution in [-0.4, -0.2) is 30.1 Å². The normalized spacial score (nSPS) is 22.8. The average molecular weight is 364 g/mol. The van der Waals surface area contributed by atoms with Gasteiger partial charge in [0.15, 0.2) is 0 Å². The van der Waals surface area contributed by atoms with Gasteiger partial charge in [-0.1, -0.05) is 30.3 Å². The third kappa shape index (κ3) is 2.81. The molecule has 4 rings (SSSR count). The van der Waals surface area contributed by atoms with Crippen LogP contribution in [-0.2, 0) is 11.0 Å². The summed E-state index contributed by atoms with van der Waals surface area (Å²) in [4.78, 5) is 15.7. The Kier molecular flexibility index (Phi) is 3.89. The number of amides is 1. The monoisotopic (exact) mass is 364 g/mol. The van der Waals surface area contributed by atoms with Gasteiger partial charge in [0.25, 0.3) is 0 Å². The van der Waals surface area contributed by atoms with E-state index in [-0.39, 0.29) is 24.5 Å². The van der Waals surface area contributed by atoms with Gasteiger partial charge in [0, 0.05) is 12.5 Å². The summed E-state index contributed by atoms with van der Waals surface area (Å²) in [7, 11) is 0. The molecule has 3 nitrogen and oxygen atoms in total. The zero-order chi connectivity index (χ0) is 18.5. The number of nitrogens with zero attached hydrogens (tertiary/aromatic N) is 2. The number of carbonyl (C=O) groups is 1. The number of benzene rings is 2. The molecule has 2 aromatic rings. The Balaban J connectivity index is 1.61. The lowest BCUT2D eigenvalue weighted by atomic mass is 9.95. The number of para-hydroxylation sites is 1. The maximum Gasteiger partial charge on any atom is 0.416 e. The highest BCUT2D eigenvalue weighted by atomic mass is 19.4. The Hall–Kier alpha value is -2.57. The fourth-order valence-corrected chi connectivity index (χ4v) is 3.86. The van der Waals surface area contributed by atoms with Crippen LogP contribution < -0.4 is 4.90 Å². The summed E-state index contributed by atoms with van der Waals surface area (Å²) in [6.07, 6.45) is -4.26. The van der Waals surface area contributed by atoms with Gasteiger partial charge in [0.2, 0.25) is 5.91 Å². The van der Waals surface area contributed by atoms with Crippen molar-refractivity contribution >= 4 is 11.6 Å². The SMILES string of the molecule is O=C1CN(c2ccccc2F)C2CC(c3cccc(C(F)(F)F)c3)CN12. The van der Waals surface area contributed by atoms with Crippen molar-refractivity contribution in [2.45, 2.75) is 24.7 Å². The van der Waals surface area contributed by atoms with Crippen LogP contribution in [0.15, 0.2) is 48.5 Å². The van der Waals surface area contributed by atoms with Crippen LogP contribution in [0.3, 0.4) is 0 Å². The molecule has 26 heavy (non-hydrogen) atoms. The topological polar surface area (TPSA) is 23.6 Å². The van der Waals surface area contributed by atoms with Crippen LogP contribution in [0, 0.1) is 5.82 Å². The number of hydrogen-bond acceptors (Lipinski definition) is 2. The van der Waals surface area contributed by atoms with E-state index in [4.69, 9.17) is 0 Å². The number of carbonyl (C=O) groups excluding carboxylic acids is 1. The van der Waals surface area contributed by atoms with Crippen molar-refractivity contribution in [2.75, 3.05) is 18.0 Å². The lowest BCUT2D eigenvalue weighted by Gasteiger charge is -2.25. The first kappa shape index (κ1) is 16.9. The molecule has 2 unspecified atom stereocenters. The van der Waals surface area contributed by atoms with E-state index in [1.54, 1.807) is 34.1 Å². The molecule has 0 spiro atoms. The summed E-state index contributed by atoms with van der Waals surface area (Å²) in [6, 6.07) is 11.4. The summed E-state index contributed by atoms with van der Waals surface area (Å²) in [5, 5.41) is 0. The van der Waals surface area contributed by atoms with Crippen LogP contribution in [0.1, 0.15) is 23.5 Å². The van der Waals surface area contributed by atoms with Crippen LogP contribution in [0.4, 0.5) is 23.2 Å². The highest BCUT2D eigenvalue weighted by Gasteiger charge is 2.46. The molecule has 2 atom stereocenters. The zero-order valence-corrected chi connectivity index (χ0v) is 13.7. The second-order valence-corrected chi connectivity index (χ2v) is 6.66. The molecule has 136 valence electrons. The Labute approximate surface area is 147 Å². The fraction of sp³-hybridized carbons (Fsp3) is 0.316. The Morgan fingerprint density at radius 1 is 1.00 bits per heavy atom. The van der Waals surface area contributed by atoms with Crippen molar-refractivity contribution < 1.29 is 22.4 Å². The summed E-state index contributed by atoms with van der Waals surface area (Å²) < 4.78 is 53.0. The van der Waals surface area contributed by atoms with E-state index in [1.165, 1.54) is 12.1 Å². The molecule has 2 aliphatic heterocycles. The molecule has 1 amide bonds. The summed E-state index contributed by atoms with van der Waals surface area (Å²) >= 11 is 0. The molecule has 2 aromatic carbocycles. The predicted molar refractivity (Wildman–Crippen MR) is 88.0 cm³/mol. The molecule has 0 N–H and O–H groups in total. The molecule has 0 bridgehead atoms. The Morgan fingerprint density at radius 3 is 2.50 bits per heavy atom. The van der Waals surface area contributed by atoms with Gasteiger partial charge < -0.3 is 9.80 Å². The van der Waals surface area contributed by atoms with E-state index in [9.17, 15) is 22.4 Å². The van der Waals surface area contributed by atoms with Gasteiger partial charge in [0.1, 0.15) is 12.0 Å². The van der Waals surface area contributed by atoms with Crippen molar-refractivity contribution in [2.24, 2.45) is 0 Å². The molecular formula is C19H16F4N2O. The molecule has 0 aliphatic carbocycles. The minimum absolute atomic E-state index is 0.0842. The quantitative estimate of drug-likeness (QED) is 0.752. The van der Waals surface area contributed by atoms with Crippen molar-refractivity contribution in [1.29, 1.82) is 0 Å². The van der Waals surface area contributed by atoms with E-state index in [0.717, 1.165) is 12.1 Å². The van der Waals surface area contributed by atoms with Crippen molar-refractivity contribution in [1.82, 2.24) is 4.90 Å². The maximum absolute atomic E-state index is 14.1. The van der Waals surface area contributed by atoms with E-state index < -0.39 is 17.6 Å². The number of hydrogen-bond donors (Lipinski definition) is 0. The van der Waals surface area contributed by atoms with E-state index in [1.807, 2.05) is 0 Å². The van der Waals surface area contributed by atoms with Crippen LogP contribution in [0.25, 0.3) is 0 Å². The first-order valence-electron chi connectivity index (χ1n) is 8.32. The second-order valence-electron chi connectivity index (χ2n) is 6.66. The highest BCUT2D eigenvalue weighted by Crippen LogP contribution is 2.40. The standard InChI is InChI=1S/C19H16F4N2O/c20-15-6-1-2-7-16(15)24-11-18(26)25-10-13(9-17(24)25)12-4-3-5-14(8-12)19(21,22)23/h1-8,13,17H,9-11H2. The fourth-order valence-electron chi connectivity index (χ4n) is 3.86. The van der Waals surface area contributed by atoms with Gasteiger partial charge in [-0.2, -0.15) is 13.2 Å². The third-order valence-electron chi connectivity index (χ3n) is 5.11. The molecular weight excluding hydrogens is 348 g/mol. The maximum atomic E-state index is 14.1. The van der Waals surface area contributed by atoms with Crippen LogP contribution in [0.5, 0.6) is 0 Å². The lowest BCUT2D eigenvalue weighted by molar-refractivity contribution is -0.137. The number of fused-ring (bicyclic) bond motifs is 1. The zero-order valence-electron chi connectivity index (χ0n) is 13.7. The van der Waals surface area contributed by atoms with Gasteiger partial charge in [-0.05, 0) is 30.2 Å². The molecule has 0 radical (unpaired) electrons.